The third-order valence-corrected chi connectivity index (χ3v) is 5.05. The van der Waals surface area contributed by atoms with E-state index >= 15 is 0 Å². The summed E-state index contributed by atoms with van der Waals surface area (Å²) in [6, 6.07) is 8.01. The van der Waals surface area contributed by atoms with Gasteiger partial charge >= 0.3 is 0 Å². The minimum Gasteiger partial charge on any atom is -0.378 e. The van der Waals surface area contributed by atoms with Gasteiger partial charge in [0.05, 0.1) is 25.6 Å². The lowest BCUT2D eigenvalue weighted by molar-refractivity contribution is 0.102. The molecule has 0 aliphatic carbocycles. The first kappa shape index (κ1) is 17.7. The number of ether oxygens (including phenoxy) is 1. The van der Waals surface area contributed by atoms with Gasteiger partial charge in [-0.3, -0.25) is 4.79 Å². The van der Waals surface area contributed by atoms with Crippen molar-refractivity contribution in [2.75, 3.05) is 54.5 Å². The molecule has 27 heavy (non-hydrogen) atoms. The maximum Gasteiger partial charge on any atom is 0.275 e. The lowest BCUT2D eigenvalue weighted by Gasteiger charge is -2.28. The first-order chi connectivity index (χ1) is 13.3. The van der Waals surface area contributed by atoms with Crippen LogP contribution in [0.2, 0.25) is 0 Å². The molecule has 1 aromatic heterocycles. The zero-order valence-corrected chi connectivity index (χ0v) is 15.4. The molecule has 2 aliphatic heterocycles. The van der Waals surface area contributed by atoms with Crippen molar-refractivity contribution in [2.24, 2.45) is 0 Å². The number of anilines is 3. The summed E-state index contributed by atoms with van der Waals surface area (Å²) in [4.78, 5) is 25.6. The van der Waals surface area contributed by atoms with Crippen LogP contribution in [0.1, 0.15) is 29.8 Å². The molecule has 1 N–H and O–H groups in total. The molecule has 2 aromatic rings. The molecule has 3 heterocycles. The Morgan fingerprint density at radius 1 is 0.889 bits per heavy atom. The highest BCUT2D eigenvalue weighted by atomic mass is 16.5. The molecule has 1 amide bonds. The molecule has 0 unspecified atom stereocenters. The minimum absolute atomic E-state index is 0.248. The number of hydrogen-bond donors (Lipinski definition) is 1. The Morgan fingerprint density at radius 3 is 2.30 bits per heavy atom. The van der Waals surface area contributed by atoms with Gasteiger partial charge in [0, 0.05) is 37.6 Å². The Hall–Kier alpha value is -2.67. The van der Waals surface area contributed by atoms with E-state index in [1.54, 1.807) is 6.20 Å². The highest BCUT2D eigenvalue weighted by molar-refractivity contribution is 6.02. The van der Waals surface area contributed by atoms with E-state index in [9.17, 15) is 4.79 Å². The second-order valence-electron chi connectivity index (χ2n) is 6.91. The Morgan fingerprint density at radius 2 is 1.63 bits per heavy atom. The SMILES string of the molecule is O=C(Nc1ccc(N2CCCCC2)cc1)c1cnc(N2CCOCC2)cn1. The highest BCUT2D eigenvalue weighted by Crippen LogP contribution is 2.22. The molecule has 7 heteroatoms. The number of nitrogens with zero attached hydrogens (tertiary/aromatic N) is 4. The third kappa shape index (κ3) is 4.36. The highest BCUT2D eigenvalue weighted by Gasteiger charge is 2.15. The topological polar surface area (TPSA) is 70.6 Å². The Balaban J connectivity index is 1.36. The van der Waals surface area contributed by atoms with E-state index in [-0.39, 0.29) is 5.91 Å². The van der Waals surface area contributed by atoms with Gasteiger partial charge in [-0.05, 0) is 43.5 Å². The van der Waals surface area contributed by atoms with Gasteiger partial charge in [-0.15, -0.1) is 0 Å². The van der Waals surface area contributed by atoms with Crippen LogP contribution in [0.15, 0.2) is 36.7 Å². The summed E-state index contributed by atoms with van der Waals surface area (Å²) in [5.74, 6) is 0.530. The Labute approximate surface area is 159 Å². The number of hydrogen-bond acceptors (Lipinski definition) is 6. The van der Waals surface area contributed by atoms with Gasteiger partial charge in [-0.2, -0.15) is 0 Å². The molecule has 2 fully saturated rings. The van der Waals surface area contributed by atoms with Crippen molar-refractivity contribution in [3.63, 3.8) is 0 Å². The molecule has 142 valence electrons. The number of piperidine rings is 1. The average molecular weight is 367 g/mol. The molecule has 1 aromatic carbocycles. The van der Waals surface area contributed by atoms with Crippen molar-refractivity contribution in [2.45, 2.75) is 19.3 Å². The van der Waals surface area contributed by atoms with Crippen LogP contribution in [0.4, 0.5) is 17.2 Å². The van der Waals surface area contributed by atoms with Gasteiger partial charge in [-0.1, -0.05) is 0 Å². The zero-order valence-electron chi connectivity index (χ0n) is 15.4. The average Bonchev–Trinajstić information content (AvgIpc) is 2.76. The van der Waals surface area contributed by atoms with E-state index in [4.69, 9.17) is 4.74 Å². The zero-order chi connectivity index (χ0) is 18.5. The summed E-state index contributed by atoms with van der Waals surface area (Å²) in [7, 11) is 0. The second kappa shape index (κ2) is 8.35. The molecule has 0 saturated carbocycles. The molecule has 0 atom stereocenters. The molecule has 2 saturated heterocycles. The summed E-state index contributed by atoms with van der Waals surface area (Å²) in [6.07, 6.45) is 6.99. The van der Waals surface area contributed by atoms with Crippen LogP contribution in [0, 0.1) is 0 Å². The number of amides is 1. The first-order valence-electron chi connectivity index (χ1n) is 9.61. The number of carbonyl (C=O) groups excluding carboxylic acids is 1. The van der Waals surface area contributed by atoms with Crippen LogP contribution < -0.4 is 15.1 Å². The van der Waals surface area contributed by atoms with E-state index in [1.807, 2.05) is 12.1 Å². The van der Waals surface area contributed by atoms with Crippen molar-refractivity contribution >= 4 is 23.1 Å². The normalized spacial score (nSPS) is 17.6. The maximum atomic E-state index is 12.4. The molecular formula is C20H25N5O2. The van der Waals surface area contributed by atoms with Crippen LogP contribution in [-0.4, -0.2) is 55.3 Å². The van der Waals surface area contributed by atoms with Crippen LogP contribution in [0.25, 0.3) is 0 Å². The maximum absolute atomic E-state index is 12.4. The molecular weight excluding hydrogens is 342 g/mol. The largest absolute Gasteiger partial charge is 0.378 e. The van der Waals surface area contributed by atoms with Gasteiger partial charge in [-0.25, -0.2) is 9.97 Å². The lowest BCUT2D eigenvalue weighted by Crippen LogP contribution is -2.36. The Kier molecular flexibility index (Phi) is 5.48. The molecule has 0 spiro atoms. The van der Waals surface area contributed by atoms with E-state index in [2.05, 4.69) is 37.2 Å². The summed E-state index contributed by atoms with van der Waals surface area (Å²) >= 11 is 0. The molecule has 0 bridgehead atoms. The minimum atomic E-state index is -0.248. The van der Waals surface area contributed by atoms with Crippen molar-refractivity contribution in [3.05, 3.63) is 42.4 Å². The number of rotatable bonds is 4. The van der Waals surface area contributed by atoms with Crippen molar-refractivity contribution in [1.82, 2.24) is 9.97 Å². The molecule has 4 rings (SSSR count). The molecule has 7 nitrogen and oxygen atoms in total. The third-order valence-electron chi connectivity index (χ3n) is 5.05. The van der Waals surface area contributed by atoms with Gasteiger partial charge < -0.3 is 19.9 Å². The van der Waals surface area contributed by atoms with Crippen LogP contribution in [0.3, 0.4) is 0 Å². The van der Waals surface area contributed by atoms with Crippen LogP contribution >= 0.6 is 0 Å². The number of morpholine rings is 1. The number of aromatic nitrogens is 2. The predicted octanol–water partition coefficient (Wildman–Crippen LogP) is 2.56. The van der Waals surface area contributed by atoms with E-state index < -0.39 is 0 Å². The lowest BCUT2D eigenvalue weighted by atomic mass is 10.1. The van der Waals surface area contributed by atoms with Crippen LogP contribution in [-0.2, 0) is 4.74 Å². The van der Waals surface area contributed by atoms with E-state index in [0.717, 1.165) is 37.7 Å². The van der Waals surface area contributed by atoms with Gasteiger partial charge in [0.2, 0.25) is 0 Å². The van der Waals surface area contributed by atoms with E-state index in [0.29, 0.717) is 18.9 Å². The van der Waals surface area contributed by atoms with Crippen LogP contribution in [0.5, 0.6) is 0 Å². The standard InChI is InChI=1S/C20H25N5O2/c26-20(18-14-22-19(15-21-18)25-10-12-27-13-11-25)23-16-4-6-17(7-5-16)24-8-2-1-3-9-24/h4-7,14-15H,1-3,8-13H2,(H,23,26). The fourth-order valence-corrected chi connectivity index (χ4v) is 3.50. The smallest absolute Gasteiger partial charge is 0.275 e. The summed E-state index contributed by atoms with van der Waals surface area (Å²) in [5, 5.41) is 2.89. The molecule has 0 radical (unpaired) electrons. The van der Waals surface area contributed by atoms with Crippen molar-refractivity contribution < 1.29 is 9.53 Å². The Bertz CT molecular complexity index is 751. The molecule has 2 aliphatic rings. The van der Waals surface area contributed by atoms with Gasteiger partial charge in [0.1, 0.15) is 11.5 Å². The van der Waals surface area contributed by atoms with Gasteiger partial charge in [0.15, 0.2) is 0 Å². The number of carbonyl (C=O) groups is 1. The fourth-order valence-electron chi connectivity index (χ4n) is 3.50. The van der Waals surface area contributed by atoms with E-state index in [1.165, 1.54) is 31.1 Å². The quantitative estimate of drug-likeness (QED) is 0.896. The first-order valence-corrected chi connectivity index (χ1v) is 9.61. The monoisotopic (exact) mass is 367 g/mol. The van der Waals surface area contributed by atoms with Gasteiger partial charge in [0.25, 0.3) is 5.91 Å². The fraction of sp³-hybridized carbons (Fsp3) is 0.450. The predicted molar refractivity (Wildman–Crippen MR) is 106 cm³/mol. The number of benzene rings is 1. The van der Waals surface area contributed by atoms with Crippen molar-refractivity contribution in [3.8, 4) is 0 Å². The summed E-state index contributed by atoms with van der Waals surface area (Å²) in [6.45, 7) is 5.19. The number of nitrogens with one attached hydrogen (secondary N) is 1. The van der Waals surface area contributed by atoms with Crippen molar-refractivity contribution in [1.29, 1.82) is 0 Å². The summed E-state index contributed by atoms with van der Waals surface area (Å²) in [5.41, 5.74) is 2.29. The summed E-state index contributed by atoms with van der Waals surface area (Å²) < 4.78 is 5.34. The second-order valence-corrected chi connectivity index (χ2v) is 6.91.